The molecule has 1 heterocycles. The van der Waals surface area contributed by atoms with E-state index in [1.54, 1.807) is 18.4 Å². The molecule has 0 radical (unpaired) electrons. The predicted molar refractivity (Wildman–Crippen MR) is 69.8 cm³/mol. The van der Waals surface area contributed by atoms with Gasteiger partial charge in [-0.25, -0.2) is 4.79 Å². The minimum absolute atomic E-state index is 0.315. The predicted octanol–water partition coefficient (Wildman–Crippen LogP) is 2.09. The first kappa shape index (κ1) is 12.4. The van der Waals surface area contributed by atoms with Crippen LogP contribution in [0.3, 0.4) is 0 Å². The van der Waals surface area contributed by atoms with Crippen molar-refractivity contribution >= 4 is 5.97 Å². The van der Waals surface area contributed by atoms with Crippen LogP contribution in [0.15, 0.2) is 12.2 Å². The van der Waals surface area contributed by atoms with Gasteiger partial charge in [-0.2, -0.15) is 0 Å². The third-order valence-electron chi connectivity index (χ3n) is 4.54. The summed E-state index contributed by atoms with van der Waals surface area (Å²) in [4.78, 5) is 11.5. The van der Waals surface area contributed by atoms with Gasteiger partial charge in [0.2, 0.25) is 0 Å². The van der Waals surface area contributed by atoms with Gasteiger partial charge in [-0.15, -0.1) is 10.2 Å². The highest BCUT2D eigenvalue weighted by atomic mass is 16.4. The van der Waals surface area contributed by atoms with E-state index in [1.165, 1.54) is 6.42 Å². The number of nitrogens with zero attached hydrogens (tertiary/aromatic N) is 3. The highest BCUT2D eigenvalue weighted by Crippen LogP contribution is 2.48. The van der Waals surface area contributed by atoms with Crippen molar-refractivity contribution in [3.05, 3.63) is 23.8 Å². The van der Waals surface area contributed by atoms with Gasteiger partial charge in [-0.3, -0.25) is 4.57 Å². The maximum Gasteiger partial charge on any atom is 0.329 e. The van der Waals surface area contributed by atoms with E-state index in [2.05, 4.69) is 22.3 Å². The highest BCUT2D eigenvalue weighted by Gasteiger charge is 2.42. The van der Waals surface area contributed by atoms with E-state index in [1.807, 2.05) is 6.92 Å². The lowest BCUT2D eigenvalue weighted by Gasteiger charge is -2.27. The van der Waals surface area contributed by atoms with Crippen molar-refractivity contribution in [2.45, 2.75) is 45.1 Å². The molecule has 3 rings (SSSR count). The number of aromatic nitrogens is 3. The Morgan fingerprint density at radius 3 is 2.63 bits per heavy atom. The Labute approximate surface area is 112 Å². The maximum atomic E-state index is 11.5. The molecule has 3 unspecified atom stereocenters. The van der Waals surface area contributed by atoms with Crippen LogP contribution in [0, 0.1) is 18.8 Å². The standard InChI is InChI=1S/C14H19N3O2/c1-8-15-16-12(17(8)14(2,3)13(18)19)11-7-9-4-5-10(11)6-9/h4-5,9-11H,6-7H2,1-3H3,(H,18,19). The van der Waals surface area contributed by atoms with E-state index < -0.39 is 11.5 Å². The van der Waals surface area contributed by atoms with Gasteiger partial charge in [0.15, 0.2) is 0 Å². The quantitative estimate of drug-likeness (QED) is 0.846. The molecule has 1 N–H and O–H groups in total. The van der Waals surface area contributed by atoms with E-state index in [0.29, 0.717) is 23.6 Å². The molecule has 1 aromatic heterocycles. The Kier molecular flexibility index (Phi) is 2.56. The van der Waals surface area contributed by atoms with E-state index in [-0.39, 0.29) is 0 Å². The number of hydrogen-bond acceptors (Lipinski definition) is 3. The summed E-state index contributed by atoms with van der Waals surface area (Å²) in [6.07, 6.45) is 6.76. The van der Waals surface area contributed by atoms with Crippen LogP contribution >= 0.6 is 0 Å². The molecule has 5 nitrogen and oxygen atoms in total. The monoisotopic (exact) mass is 261 g/mol. The minimum Gasteiger partial charge on any atom is -0.480 e. The summed E-state index contributed by atoms with van der Waals surface area (Å²) in [5, 5.41) is 17.8. The first-order valence-electron chi connectivity index (χ1n) is 6.75. The maximum absolute atomic E-state index is 11.5. The van der Waals surface area contributed by atoms with E-state index in [0.717, 1.165) is 12.2 Å². The summed E-state index contributed by atoms with van der Waals surface area (Å²) in [6, 6.07) is 0. The zero-order chi connectivity index (χ0) is 13.8. The molecule has 102 valence electrons. The lowest BCUT2D eigenvalue weighted by molar-refractivity contribution is -0.145. The van der Waals surface area contributed by atoms with Crippen molar-refractivity contribution in [2.75, 3.05) is 0 Å². The fraction of sp³-hybridized carbons (Fsp3) is 0.643. The fourth-order valence-corrected chi connectivity index (χ4v) is 3.48. The molecule has 1 aromatic rings. The zero-order valence-electron chi connectivity index (χ0n) is 11.5. The number of carboxylic acid groups (broad SMARTS) is 1. The van der Waals surface area contributed by atoms with Crippen molar-refractivity contribution in [2.24, 2.45) is 11.8 Å². The van der Waals surface area contributed by atoms with Crippen molar-refractivity contribution in [3.63, 3.8) is 0 Å². The topological polar surface area (TPSA) is 68.0 Å². The molecule has 0 amide bonds. The van der Waals surface area contributed by atoms with Crippen molar-refractivity contribution in [1.29, 1.82) is 0 Å². The first-order chi connectivity index (χ1) is 8.91. The summed E-state index contributed by atoms with van der Waals surface area (Å²) in [5.74, 6) is 2.10. The Bertz CT molecular complexity index is 559. The molecular formula is C14H19N3O2. The van der Waals surface area contributed by atoms with Gasteiger partial charge in [0.1, 0.15) is 17.2 Å². The molecule has 2 aliphatic carbocycles. The number of hydrogen-bond donors (Lipinski definition) is 1. The molecule has 2 aliphatic rings. The fourth-order valence-electron chi connectivity index (χ4n) is 3.48. The average Bonchev–Trinajstić information content (AvgIpc) is 3.01. The van der Waals surface area contributed by atoms with E-state index in [4.69, 9.17) is 0 Å². The zero-order valence-corrected chi connectivity index (χ0v) is 11.5. The van der Waals surface area contributed by atoms with Crippen LogP contribution in [0.1, 0.15) is 44.3 Å². The van der Waals surface area contributed by atoms with Crippen LogP contribution in [-0.4, -0.2) is 25.8 Å². The van der Waals surface area contributed by atoms with Gasteiger partial charge >= 0.3 is 5.97 Å². The number of allylic oxidation sites excluding steroid dienone is 2. The minimum atomic E-state index is -1.01. The second kappa shape index (κ2) is 3.92. The first-order valence-corrected chi connectivity index (χ1v) is 6.75. The molecule has 3 atom stereocenters. The molecule has 1 saturated carbocycles. The van der Waals surface area contributed by atoms with Crippen LogP contribution in [-0.2, 0) is 10.3 Å². The number of aliphatic carboxylic acids is 1. The lowest BCUT2D eigenvalue weighted by Crippen LogP contribution is -2.38. The van der Waals surface area contributed by atoms with Gasteiger partial charge in [0.25, 0.3) is 0 Å². The van der Waals surface area contributed by atoms with Crippen LogP contribution in [0.4, 0.5) is 0 Å². The summed E-state index contributed by atoms with van der Waals surface area (Å²) in [6.45, 7) is 5.24. The van der Waals surface area contributed by atoms with Gasteiger partial charge in [0, 0.05) is 5.92 Å². The van der Waals surface area contributed by atoms with Crippen LogP contribution in [0.5, 0.6) is 0 Å². The molecule has 0 spiro atoms. The van der Waals surface area contributed by atoms with Gasteiger partial charge in [-0.05, 0) is 45.4 Å². The molecule has 19 heavy (non-hydrogen) atoms. The molecule has 1 fully saturated rings. The van der Waals surface area contributed by atoms with Crippen molar-refractivity contribution in [1.82, 2.24) is 14.8 Å². The van der Waals surface area contributed by atoms with Crippen LogP contribution < -0.4 is 0 Å². The van der Waals surface area contributed by atoms with Crippen molar-refractivity contribution in [3.8, 4) is 0 Å². The van der Waals surface area contributed by atoms with Crippen LogP contribution in [0.2, 0.25) is 0 Å². The summed E-state index contributed by atoms with van der Waals surface area (Å²) >= 11 is 0. The normalized spacial score (nSPS) is 29.1. The van der Waals surface area contributed by atoms with Gasteiger partial charge < -0.3 is 5.11 Å². The third-order valence-corrected chi connectivity index (χ3v) is 4.54. The Hall–Kier alpha value is -1.65. The molecule has 0 saturated heterocycles. The number of aryl methyl sites for hydroxylation is 1. The molecule has 0 aliphatic heterocycles. The second-order valence-electron chi connectivity index (χ2n) is 6.19. The molecular weight excluding hydrogens is 242 g/mol. The van der Waals surface area contributed by atoms with Gasteiger partial charge in [-0.1, -0.05) is 12.2 Å². The smallest absolute Gasteiger partial charge is 0.329 e. The largest absolute Gasteiger partial charge is 0.480 e. The number of rotatable bonds is 3. The Morgan fingerprint density at radius 1 is 1.37 bits per heavy atom. The summed E-state index contributed by atoms with van der Waals surface area (Å²) < 4.78 is 1.80. The SMILES string of the molecule is Cc1nnc(C2CC3C=CC2C3)n1C(C)(C)C(=O)O. The van der Waals surface area contributed by atoms with E-state index in [9.17, 15) is 9.90 Å². The number of fused-ring (bicyclic) bond motifs is 2. The lowest BCUT2D eigenvalue weighted by atomic mass is 9.91. The van der Waals surface area contributed by atoms with Gasteiger partial charge in [0.05, 0.1) is 0 Å². The number of carbonyl (C=O) groups is 1. The Morgan fingerprint density at radius 2 is 2.11 bits per heavy atom. The second-order valence-corrected chi connectivity index (χ2v) is 6.19. The third kappa shape index (κ3) is 1.71. The van der Waals surface area contributed by atoms with Crippen molar-refractivity contribution < 1.29 is 9.90 Å². The molecule has 0 aromatic carbocycles. The number of carboxylic acids is 1. The summed E-state index contributed by atoms with van der Waals surface area (Å²) in [7, 11) is 0. The molecule has 5 heteroatoms. The molecule has 2 bridgehead atoms. The average molecular weight is 261 g/mol. The summed E-state index contributed by atoms with van der Waals surface area (Å²) in [5.41, 5.74) is -1.01. The van der Waals surface area contributed by atoms with Crippen LogP contribution in [0.25, 0.3) is 0 Å². The van der Waals surface area contributed by atoms with E-state index >= 15 is 0 Å². The highest BCUT2D eigenvalue weighted by molar-refractivity contribution is 5.75. The Balaban J connectivity index is 2.04.